The van der Waals surface area contributed by atoms with Gasteiger partial charge >= 0.3 is 0 Å². The molecule has 0 radical (unpaired) electrons. The first-order valence-corrected chi connectivity index (χ1v) is 4.27. The molecule has 0 aromatic rings. The van der Waals surface area contributed by atoms with E-state index >= 15 is 0 Å². The molecule has 0 atom stereocenters. The van der Waals surface area contributed by atoms with E-state index in [1.165, 1.54) is 38.5 Å². The van der Waals surface area contributed by atoms with Crippen LogP contribution in [0.3, 0.4) is 0 Å². The van der Waals surface area contributed by atoms with Crippen molar-refractivity contribution < 1.29 is 0 Å². The average molecular weight is 160 g/mol. The van der Waals surface area contributed by atoms with Gasteiger partial charge in [0.25, 0.3) is 0 Å². The first-order chi connectivity index (χ1) is 4.27. The highest BCUT2D eigenvalue weighted by atomic mass is 32.1. The van der Waals surface area contributed by atoms with Crippen molar-refractivity contribution in [3.63, 3.8) is 0 Å². The molecular formula is C9H20S. The Morgan fingerprint density at radius 2 is 1.70 bits per heavy atom. The fraction of sp³-hybridized carbons (Fsp3) is 1.00. The molecule has 0 spiro atoms. The van der Waals surface area contributed by atoms with Gasteiger partial charge in [0.2, 0.25) is 0 Å². The second kappa shape index (κ2) is 4.27. The lowest BCUT2D eigenvalue weighted by atomic mass is 9.84. The summed E-state index contributed by atoms with van der Waals surface area (Å²) in [6.07, 6.45) is 8.76. The Morgan fingerprint density at radius 3 is 2.10 bits per heavy atom. The fourth-order valence-corrected chi connectivity index (χ4v) is 2.08. The molecule has 0 bridgehead atoms. The number of hydrogen-bond donors (Lipinski definition) is 0. The largest absolute Gasteiger partial charge is 0.197 e. The van der Waals surface area contributed by atoms with Crippen molar-refractivity contribution >= 4 is 13.5 Å². The SMILES string of the molecule is CCCC1(C)CCCC1.S. The first-order valence-electron chi connectivity index (χ1n) is 4.27. The Labute approximate surface area is 71.8 Å². The third kappa shape index (κ3) is 2.53. The molecular weight excluding hydrogens is 140 g/mol. The molecule has 0 aromatic carbocycles. The molecule has 1 saturated carbocycles. The van der Waals surface area contributed by atoms with Crippen molar-refractivity contribution in [1.82, 2.24) is 0 Å². The summed E-state index contributed by atoms with van der Waals surface area (Å²) in [6, 6.07) is 0. The van der Waals surface area contributed by atoms with E-state index in [9.17, 15) is 0 Å². The minimum Gasteiger partial charge on any atom is -0.197 e. The summed E-state index contributed by atoms with van der Waals surface area (Å²) in [7, 11) is 0. The van der Waals surface area contributed by atoms with Crippen molar-refractivity contribution in [2.24, 2.45) is 5.41 Å². The number of hydrogen-bond acceptors (Lipinski definition) is 0. The van der Waals surface area contributed by atoms with Crippen molar-refractivity contribution in [3.8, 4) is 0 Å². The highest BCUT2D eigenvalue weighted by molar-refractivity contribution is 7.59. The quantitative estimate of drug-likeness (QED) is 0.580. The van der Waals surface area contributed by atoms with Crippen LogP contribution >= 0.6 is 13.5 Å². The van der Waals surface area contributed by atoms with Crippen molar-refractivity contribution in [2.45, 2.75) is 52.4 Å². The standard InChI is InChI=1S/C9H18.H2S/c1-3-6-9(2)7-4-5-8-9;/h3-8H2,1-2H3;1H2. The molecule has 0 aliphatic heterocycles. The van der Waals surface area contributed by atoms with Gasteiger partial charge in [0.05, 0.1) is 0 Å². The van der Waals surface area contributed by atoms with Gasteiger partial charge in [0, 0.05) is 0 Å². The molecule has 0 heterocycles. The molecule has 1 rings (SSSR count). The lowest BCUT2D eigenvalue weighted by molar-refractivity contribution is 0.305. The summed E-state index contributed by atoms with van der Waals surface area (Å²) < 4.78 is 0. The summed E-state index contributed by atoms with van der Waals surface area (Å²) in [5.41, 5.74) is 0.745. The van der Waals surface area contributed by atoms with Crippen LogP contribution in [0, 0.1) is 5.41 Å². The van der Waals surface area contributed by atoms with Crippen LogP contribution in [0.25, 0.3) is 0 Å². The van der Waals surface area contributed by atoms with Crippen LogP contribution in [0.15, 0.2) is 0 Å². The summed E-state index contributed by atoms with van der Waals surface area (Å²) in [5.74, 6) is 0. The Kier molecular flexibility index (Phi) is 4.42. The van der Waals surface area contributed by atoms with Crippen LogP contribution in [-0.2, 0) is 0 Å². The van der Waals surface area contributed by atoms with Gasteiger partial charge in [-0.3, -0.25) is 0 Å². The van der Waals surface area contributed by atoms with E-state index in [1.54, 1.807) is 0 Å². The lowest BCUT2D eigenvalue weighted by Gasteiger charge is -2.21. The maximum Gasteiger partial charge on any atom is -0.0326 e. The molecule has 0 amide bonds. The zero-order valence-electron chi connectivity index (χ0n) is 7.24. The molecule has 10 heavy (non-hydrogen) atoms. The zero-order valence-corrected chi connectivity index (χ0v) is 8.24. The van der Waals surface area contributed by atoms with Gasteiger partial charge in [0.15, 0.2) is 0 Å². The topological polar surface area (TPSA) is 0 Å². The van der Waals surface area contributed by atoms with Gasteiger partial charge in [-0.1, -0.05) is 33.1 Å². The van der Waals surface area contributed by atoms with Gasteiger partial charge in [-0.15, -0.1) is 0 Å². The van der Waals surface area contributed by atoms with Crippen LogP contribution < -0.4 is 0 Å². The van der Waals surface area contributed by atoms with Crippen molar-refractivity contribution in [1.29, 1.82) is 0 Å². The zero-order chi connectivity index (χ0) is 6.74. The third-order valence-electron chi connectivity index (χ3n) is 2.66. The summed E-state index contributed by atoms with van der Waals surface area (Å²) in [6.45, 7) is 4.74. The second-order valence-electron chi connectivity index (χ2n) is 3.77. The van der Waals surface area contributed by atoms with E-state index in [1.807, 2.05) is 0 Å². The van der Waals surface area contributed by atoms with Crippen LogP contribution in [0.2, 0.25) is 0 Å². The lowest BCUT2D eigenvalue weighted by Crippen LogP contribution is -2.09. The van der Waals surface area contributed by atoms with Gasteiger partial charge in [0.1, 0.15) is 0 Å². The minimum absolute atomic E-state index is 0. The smallest absolute Gasteiger partial charge is 0.0326 e. The second-order valence-corrected chi connectivity index (χ2v) is 3.77. The molecule has 1 heteroatoms. The highest BCUT2D eigenvalue weighted by Gasteiger charge is 2.26. The van der Waals surface area contributed by atoms with Crippen LogP contribution in [0.1, 0.15) is 52.4 Å². The maximum absolute atomic E-state index is 2.45. The average Bonchev–Trinajstić information content (AvgIpc) is 2.16. The monoisotopic (exact) mass is 160 g/mol. The fourth-order valence-electron chi connectivity index (χ4n) is 2.08. The predicted octanol–water partition coefficient (Wildman–Crippen LogP) is 3.48. The molecule has 1 aliphatic carbocycles. The van der Waals surface area contributed by atoms with Crippen molar-refractivity contribution in [2.75, 3.05) is 0 Å². The summed E-state index contributed by atoms with van der Waals surface area (Å²) in [5, 5.41) is 0. The Morgan fingerprint density at radius 1 is 1.20 bits per heavy atom. The molecule has 1 fully saturated rings. The highest BCUT2D eigenvalue weighted by Crippen LogP contribution is 2.40. The Hall–Kier alpha value is 0.350. The summed E-state index contributed by atoms with van der Waals surface area (Å²) in [4.78, 5) is 0. The molecule has 0 saturated heterocycles. The van der Waals surface area contributed by atoms with E-state index < -0.39 is 0 Å². The predicted molar refractivity (Wildman–Crippen MR) is 51.9 cm³/mol. The van der Waals surface area contributed by atoms with E-state index in [0.29, 0.717) is 0 Å². The van der Waals surface area contributed by atoms with E-state index in [2.05, 4.69) is 13.8 Å². The van der Waals surface area contributed by atoms with E-state index in [-0.39, 0.29) is 13.5 Å². The molecule has 62 valence electrons. The maximum atomic E-state index is 2.45. The van der Waals surface area contributed by atoms with Crippen LogP contribution in [0.4, 0.5) is 0 Å². The normalized spacial score (nSPS) is 22.2. The van der Waals surface area contributed by atoms with Gasteiger partial charge in [-0.25, -0.2) is 0 Å². The Balaban J connectivity index is 0.000000810. The molecule has 0 unspecified atom stereocenters. The number of rotatable bonds is 2. The third-order valence-corrected chi connectivity index (χ3v) is 2.66. The summed E-state index contributed by atoms with van der Waals surface area (Å²) >= 11 is 0. The Bertz CT molecular complexity index is 82.7. The van der Waals surface area contributed by atoms with Crippen LogP contribution in [-0.4, -0.2) is 0 Å². The van der Waals surface area contributed by atoms with Crippen LogP contribution in [0.5, 0.6) is 0 Å². The van der Waals surface area contributed by atoms with E-state index in [4.69, 9.17) is 0 Å². The van der Waals surface area contributed by atoms with Gasteiger partial charge in [-0.2, -0.15) is 13.5 Å². The van der Waals surface area contributed by atoms with Gasteiger partial charge < -0.3 is 0 Å². The molecule has 0 aromatic heterocycles. The molecule has 0 N–H and O–H groups in total. The van der Waals surface area contributed by atoms with Gasteiger partial charge in [-0.05, 0) is 24.7 Å². The van der Waals surface area contributed by atoms with Crippen molar-refractivity contribution in [3.05, 3.63) is 0 Å². The first kappa shape index (κ1) is 10.3. The van der Waals surface area contributed by atoms with E-state index in [0.717, 1.165) is 5.41 Å². The minimum atomic E-state index is 0. The molecule has 0 nitrogen and oxygen atoms in total. The molecule has 1 aliphatic rings.